The van der Waals surface area contributed by atoms with Crippen molar-refractivity contribution in [1.29, 1.82) is 0 Å². The largest absolute Gasteiger partial charge is 0.387 e. The van der Waals surface area contributed by atoms with E-state index in [1.54, 1.807) is 19.1 Å². The summed E-state index contributed by atoms with van der Waals surface area (Å²) in [6.45, 7) is 5.25. The summed E-state index contributed by atoms with van der Waals surface area (Å²) in [5.74, 6) is -0.0474. The van der Waals surface area contributed by atoms with Gasteiger partial charge in [-0.1, -0.05) is 49.4 Å². The minimum Gasteiger partial charge on any atom is -0.387 e. The Morgan fingerprint density at radius 1 is 1.21 bits per heavy atom. The second kappa shape index (κ2) is 11.9. The highest BCUT2D eigenvalue weighted by Crippen LogP contribution is 2.18. The SMILES string of the molecule is CC[C@@H](NCCc1ccc(C(=O)N(C)CC2=NNC(C)C2OC)cc1)[C@H](O)c1ccccc1. The number of hydrogen-bond donors (Lipinski definition) is 3. The molecular weight excluding hydrogens is 416 g/mol. The lowest BCUT2D eigenvalue weighted by atomic mass is 10.00. The second-order valence-corrected chi connectivity index (χ2v) is 8.61. The second-order valence-electron chi connectivity index (χ2n) is 8.61. The van der Waals surface area contributed by atoms with Crippen LogP contribution in [0.3, 0.4) is 0 Å². The molecule has 4 atom stereocenters. The van der Waals surface area contributed by atoms with E-state index in [1.807, 2.05) is 61.5 Å². The van der Waals surface area contributed by atoms with Crippen molar-refractivity contribution in [3.63, 3.8) is 0 Å². The number of hydrazone groups is 1. The van der Waals surface area contributed by atoms with E-state index in [1.165, 1.54) is 0 Å². The number of carbonyl (C=O) groups excluding carboxylic acids is 1. The zero-order chi connectivity index (χ0) is 23.8. The molecule has 7 heteroatoms. The summed E-state index contributed by atoms with van der Waals surface area (Å²) in [6.07, 6.45) is 0.993. The summed E-state index contributed by atoms with van der Waals surface area (Å²) in [5, 5.41) is 18.4. The highest BCUT2D eigenvalue weighted by atomic mass is 16.5. The smallest absolute Gasteiger partial charge is 0.253 e. The Morgan fingerprint density at radius 3 is 2.55 bits per heavy atom. The lowest BCUT2D eigenvalue weighted by molar-refractivity contribution is 0.0807. The molecule has 0 aromatic heterocycles. The third kappa shape index (κ3) is 6.41. The van der Waals surface area contributed by atoms with Gasteiger partial charge in [0.25, 0.3) is 5.91 Å². The van der Waals surface area contributed by atoms with E-state index in [4.69, 9.17) is 4.74 Å². The predicted octanol–water partition coefficient (Wildman–Crippen LogP) is 2.77. The van der Waals surface area contributed by atoms with Gasteiger partial charge in [0.1, 0.15) is 6.10 Å². The number of amides is 1. The van der Waals surface area contributed by atoms with Gasteiger partial charge >= 0.3 is 0 Å². The van der Waals surface area contributed by atoms with Crippen LogP contribution >= 0.6 is 0 Å². The Kier molecular flexibility index (Phi) is 9.00. The molecule has 0 saturated carbocycles. The van der Waals surface area contributed by atoms with Gasteiger partial charge in [0.05, 0.1) is 24.4 Å². The number of nitrogens with zero attached hydrogens (tertiary/aromatic N) is 2. The lowest BCUT2D eigenvalue weighted by Gasteiger charge is -2.23. The standard InChI is InChI=1S/C26H36N4O3/c1-5-22(24(31)20-9-7-6-8-10-20)27-16-15-19-11-13-21(14-12-19)26(32)30(3)17-23-25(33-4)18(2)28-29-23/h6-14,18,22,24-25,27-28,31H,5,15-17H2,1-4H3/t18?,22-,24-,25?/m1/s1. The van der Waals surface area contributed by atoms with Crippen molar-refractivity contribution in [2.75, 3.05) is 27.2 Å². The average Bonchev–Trinajstić information content (AvgIpc) is 3.20. The molecule has 0 aliphatic carbocycles. The summed E-state index contributed by atoms with van der Waals surface area (Å²) in [4.78, 5) is 14.5. The highest BCUT2D eigenvalue weighted by Gasteiger charge is 2.29. The number of aliphatic hydroxyl groups excluding tert-OH is 1. The number of hydrogen-bond acceptors (Lipinski definition) is 6. The van der Waals surface area contributed by atoms with Crippen molar-refractivity contribution in [3.05, 3.63) is 71.3 Å². The maximum atomic E-state index is 12.8. The number of ether oxygens (including phenoxy) is 1. The van der Waals surface area contributed by atoms with Gasteiger partial charge in [-0.2, -0.15) is 5.10 Å². The summed E-state index contributed by atoms with van der Waals surface area (Å²) in [5.41, 5.74) is 6.55. The van der Waals surface area contributed by atoms with Crippen molar-refractivity contribution >= 4 is 11.6 Å². The first-order valence-electron chi connectivity index (χ1n) is 11.6. The molecule has 0 saturated heterocycles. The number of carbonyl (C=O) groups is 1. The van der Waals surface area contributed by atoms with Crippen molar-refractivity contribution in [1.82, 2.24) is 15.6 Å². The van der Waals surface area contributed by atoms with Crippen LogP contribution in [-0.2, 0) is 11.2 Å². The van der Waals surface area contributed by atoms with E-state index in [9.17, 15) is 9.90 Å². The van der Waals surface area contributed by atoms with Crippen LogP contribution in [-0.4, -0.2) is 67.1 Å². The molecule has 0 spiro atoms. The molecule has 3 rings (SSSR count). The summed E-state index contributed by atoms with van der Waals surface area (Å²) < 4.78 is 5.49. The van der Waals surface area contributed by atoms with Crippen molar-refractivity contribution in [2.24, 2.45) is 5.10 Å². The van der Waals surface area contributed by atoms with Gasteiger partial charge in [-0.25, -0.2) is 0 Å². The fourth-order valence-electron chi connectivity index (χ4n) is 4.18. The molecule has 1 aliphatic heterocycles. The summed E-state index contributed by atoms with van der Waals surface area (Å²) >= 11 is 0. The molecule has 1 aliphatic rings. The minimum absolute atomic E-state index is 0.00598. The maximum absolute atomic E-state index is 12.8. The first-order valence-corrected chi connectivity index (χ1v) is 11.6. The van der Waals surface area contributed by atoms with Crippen molar-refractivity contribution < 1.29 is 14.6 Å². The molecule has 0 fully saturated rings. The molecule has 33 heavy (non-hydrogen) atoms. The van der Waals surface area contributed by atoms with Gasteiger partial charge in [-0.05, 0) is 49.6 Å². The first kappa shape index (κ1) is 24.9. The zero-order valence-electron chi connectivity index (χ0n) is 20.0. The Bertz CT molecular complexity index is 917. The summed E-state index contributed by atoms with van der Waals surface area (Å²) in [7, 11) is 3.44. The zero-order valence-corrected chi connectivity index (χ0v) is 20.0. The maximum Gasteiger partial charge on any atom is 0.253 e. The lowest BCUT2D eigenvalue weighted by Crippen LogP contribution is -2.40. The number of methoxy groups -OCH3 is 1. The van der Waals surface area contributed by atoms with Gasteiger partial charge < -0.3 is 25.5 Å². The molecule has 1 heterocycles. The van der Waals surface area contributed by atoms with Crippen LogP contribution in [0.1, 0.15) is 47.9 Å². The number of nitrogens with one attached hydrogen (secondary N) is 2. The number of aliphatic hydroxyl groups is 1. The number of benzene rings is 2. The van der Waals surface area contributed by atoms with Gasteiger partial charge in [-0.3, -0.25) is 4.79 Å². The molecule has 1 amide bonds. The summed E-state index contributed by atoms with van der Waals surface area (Å²) in [6, 6.07) is 17.6. The highest BCUT2D eigenvalue weighted by molar-refractivity contribution is 5.99. The fourth-order valence-corrected chi connectivity index (χ4v) is 4.18. The molecule has 178 valence electrons. The Balaban J connectivity index is 1.50. The molecule has 2 aromatic carbocycles. The van der Waals surface area contributed by atoms with E-state index < -0.39 is 6.10 Å². The van der Waals surface area contributed by atoms with Gasteiger partial charge in [-0.15, -0.1) is 0 Å². The molecule has 3 N–H and O–H groups in total. The normalized spacial score (nSPS) is 19.5. The topological polar surface area (TPSA) is 86.2 Å². The van der Waals surface area contributed by atoms with Crippen LogP contribution in [0.2, 0.25) is 0 Å². The minimum atomic E-state index is -0.535. The van der Waals surface area contributed by atoms with E-state index in [2.05, 4.69) is 22.8 Å². The molecular formula is C26H36N4O3. The van der Waals surface area contributed by atoms with Crippen molar-refractivity contribution in [3.8, 4) is 0 Å². The Labute approximate surface area is 196 Å². The Hall–Kier alpha value is -2.74. The third-order valence-corrected chi connectivity index (χ3v) is 6.18. The van der Waals surface area contributed by atoms with E-state index in [0.29, 0.717) is 12.1 Å². The first-order chi connectivity index (χ1) is 15.9. The third-order valence-electron chi connectivity index (χ3n) is 6.18. The van der Waals surface area contributed by atoms with E-state index in [-0.39, 0.29) is 24.1 Å². The van der Waals surface area contributed by atoms with Crippen LogP contribution in [0.5, 0.6) is 0 Å². The van der Waals surface area contributed by atoms with Gasteiger partial charge in [0.2, 0.25) is 0 Å². The fraction of sp³-hybridized carbons (Fsp3) is 0.462. The monoisotopic (exact) mass is 452 g/mol. The average molecular weight is 453 g/mol. The molecule has 0 bridgehead atoms. The Morgan fingerprint density at radius 2 is 1.91 bits per heavy atom. The quantitative estimate of drug-likeness (QED) is 0.488. The molecule has 7 nitrogen and oxygen atoms in total. The number of rotatable bonds is 11. The van der Waals surface area contributed by atoms with Gasteiger partial charge in [0.15, 0.2) is 0 Å². The van der Waals surface area contributed by atoms with Crippen LogP contribution in [0.4, 0.5) is 0 Å². The van der Waals surface area contributed by atoms with Gasteiger partial charge in [0, 0.05) is 25.8 Å². The predicted molar refractivity (Wildman–Crippen MR) is 131 cm³/mol. The molecule has 0 radical (unpaired) electrons. The van der Waals surface area contributed by atoms with E-state index >= 15 is 0 Å². The van der Waals surface area contributed by atoms with Crippen LogP contribution in [0, 0.1) is 0 Å². The van der Waals surface area contributed by atoms with Crippen molar-refractivity contribution in [2.45, 2.75) is 51.0 Å². The molecule has 2 unspecified atom stereocenters. The molecule has 2 aromatic rings. The van der Waals surface area contributed by atoms with Crippen LogP contribution < -0.4 is 10.7 Å². The van der Waals surface area contributed by atoms with Crippen LogP contribution in [0.25, 0.3) is 0 Å². The van der Waals surface area contributed by atoms with Crippen LogP contribution in [0.15, 0.2) is 59.7 Å². The van der Waals surface area contributed by atoms with E-state index in [0.717, 1.165) is 36.2 Å².